The fourth-order valence-electron chi connectivity index (χ4n) is 3.63. The minimum Gasteiger partial charge on any atom is -0.395 e. The van der Waals surface area contributed by atoms with Gasteiger partial charge in [-0.25, -0.2) is 4.99 Å². The van der Waals surface area contributed by atoms with E-state index in [9.17, 15) is 13.2 Å². The molecule has 8 nitrogen and oxygen atoms in total. The lowest BCUT2D eigenvalue weighted by Crippen LogP contribution is -2.49. The number of hydrogen-bond acceptors (Lipinski definition) is 7. The van der Waals surface area contributed by atoms with E-state index in [4.69, 9.17) is 5.11 Å². The molecule has 3 N–H and O–H groups in total. The second kappa shape index (κ2) is 13.3. The number of allylic oxidation sites excluding steroid dienone is 1. The first kappa shape index (κ1) is 28.3. The minimum absolute atomic E-state index is 0.141. The smallest absolute Gasteiger partial charge is 0.395 e. The van der Waals surface area contributed by atoms with Gasteiger partial charge >= 0.3 is 6.18 Å². The molecule has 0 amide bonds. The Morgan fingerprint density at radius 1 is 1.19 bits per heavy atom. The molecule has 0 aliphatic carbocycles. The molecule has 198 valence electrons. The van der Waals surface area contributed by atoms with Crippen LogP contribution in [0.15, 0.2) is 76.5 Å². The summed E-state index contributed by atoms with van der Waals surface area (Å²) in [5.74, 6) is 1.11. The van der Waals surface area contributed by atoms with Crippen LogP contribution in [0.25, 0.3) is 0 Å². The van der Waals surface area contributed by atoms with Gasteiger partial charge in [0.2, 0.25) is 0 Å². The Hall–Kier alpha value is -3.27. The fourth-order valence-corrected chi connectivity index (χ4v) is 3.88. The van der Waals surface area contributed by atoms with Crippen molar-refractivity contribution in [2.24, 2.45) is 10.1 Å². The molecular weight excluding hydrogens is 502 g/mol. The highest BCUT2D eigenvalue weighted by atomic mass is 31.0. The number of hydrogen-bond donors (Lipinski definition) is 3. The number of benzene rings is 1. The van der Waals surface area contributed by atoms with Gasteiger partial charge in [-0.15, -0.1) is 9.24 Å². The lowest BCUT2D eigenvalue weighted by molar-refractivity contribution is -0.137. The highest BCUT2D eigenvalue weighted by Crippen LogP contribution is 2.31. The van der Waals surface area contributed by atoms with Gasteiger partial charge in [-0.2, -0.15) is 18.3 Å². The molecule has 0 saturated carbocycles. The van der Waals surface area contributed by atoms with Crippen molar-refractivity contribution in [1.29, 1.82) is 0 Å². The van der Waals surface area contributed by atoms with Gasteiger partial charge in [0.1, 0.15) is 11.7 Å². The number of β-amino-alcohol motifs (C(OH)–C–C–N with tert-alkyl or cyclic N) is 1. The Labute approximate surface area is 216 Å². The first-order valence-electron chi connectivity index (χ1n) is 11.7. The molecule has 0 bridgehead atoms. The number of aliphatic hydroxyl groups is 1. The summed E-state index contributed by atoms with van der Waals surface area (Å²) >= 11 is 0. The summed E-state index contributed by atoms with van der Waals surface area (Å²) < 4.78 is 38.9. The van der Waals surface area contributed by atoms with Crippen molar-refractivity contribution in [2.75, 3.05) is 44.6 Å². The molecule has 1 fully saturated rings. The van der Waals surface area contributed by atoms with Crippen LogP contribution in [0.2, 0.25) is 0 Å². The van der Waals surface area contributed by atoms with E-state index in [1.54, 1.807) is 18.2 Å². The van der Waals surface area contributed by atoms with E-state index in [1.165, 1.54) is 18.5 Å². The molecule has 1 aliphatic heterocycles. The highest BCUT2D eigenvalue weighted by molar-refractivity contribution is 7.25. The van der Waals surface area contributed by atoms with Crippen LogP contribution >= 0.6 is 9.24 Å². The quantitative estimate of drug-likeness (QED) is 0.195. The molecule has 1 saturated heterocycles. The van der Waals surface area contributed by atoms with Crippen molar-refractivity contribution in [3.8, 4) is 0 Å². The van der Waals surface area contributed by atoms with Gasteiger partial charge in [0.15, 0.2) is 0 Å². The molecule has 12 heteroatoms. The zero-order valence-electron chi connectivity index (χ0n) is 20.5. The van der Waals surface area contributed by atoms with Crippen molar-refractivity contribution in [2.45, 2.75) is 13.1 Å². The third kappa shape index (κ3) is 8.66. The van der Waals surface area contributed by atoms with Crippen molar-refractivity contribution in [3.05, 3.63) is 77.6 Å². The molecular formula is C25H31F3N7OP. The normalized spacial score (nSPS) is 15.8. The van der Waals surface area contributed by atoms with Gasteiger partial charge in [0.05, 0.1) is 24.1 Å². The average Bonchev–Trinajstić information content (AvgIpc) is 2.87. The number of nitrogens with zero attached hydrogens (tertiary/aromatic N) is 5. The van der Waals surface area contributed by atoms with E-state index in [-0.39, 0.29) is 6.61 Å². The van der Waals surface area contributed by atoms with Crippen LogP contribution in [-0.4, -0.2) is 71.3 Å². The predicted molar refractivity (Wildman–Crippen MR) is 145 cm³/mol. The number of rotatable bonds is 9. The summed E-state index contributed by atoms with van der Waals surface area (Å²) in [6.45, 7) is 9.88. The van der Waals surface area contributed by atoms with Crippen LogP contribution in [-0.2, 0) is 6.18 Å². The van der Waals surface area contributed by atoms with Gasteiger partial charge in [-0.1, -0.05) is 18.7 Å². The molecule has 3 rings (SSSR count). The van der Waals surface area contributed by atoms with Crippen molar-refractivity contribution in [1.82, 2.24) is 20.2 Å². The third-order valence-corrected chi connectivity index (χ3v) is 6.14. The Morgan fingerprint density at radius 3 is 2.59 bits per heavy atom. The van der Waals surface area contributed by atoms with Crippen LogP contribution in [0.1, 0.15) is 18.2 Å². The lowest BCUT2D eigenvalue weighted by atomic mass is 10.2. The number of pyridine rings is 1. The van der Waals surface area contributed by atoms with Gasteiger partial charge in [-0.05, 0) is 37.3 Å². The van der Waals surface area contributed by atoms with E-state index in [0.717, 1.165) is 49.5 Å². The number of aliphatic imine (C=N–C) groups is 1. The molecule has 37 heavy (non-hydrogen) atoms. The number of halogens is 3. The minimum atomic E-state index is -4.41. The lowest BCUT2D eigenvalue weighted by Gasteiger charge is -2.36. The van der Waals surface area contributed by atoms with Crippen molar-refractivity contribution >= 4 is 32.7 Å². The number of anilines is 2. The molecule has 0 spiro atoms. The largest absolute Gasteiger partial charge is 0.416 e. The third-order valence-electron chi connectivity index (χ3n) is 5.55. The number of alkyl halides is 3. The number of piperazine rings is 1. The van der Waals surface area contributed by atoms with Crippen molar-refractivity contribution in [3.63, 3.8) is 0 Å². The first-order chi connectivity index (χ1) is 17.7. The van der Waals surface area contributed by atoms with E-state index >= 15 is 0 Å². The number of aliphatic hydroxyl groups excluding tert-OH is 1. The monoisotopic (exact) mass is 533 g/mol. The number of aromatic nitrogens is 1. The van der Waals surface area contributed by atoms with E-state index < -0.39 is 11.7 Å². The summed E-state index contributed by atoms with van der Waals surface area (Å²) in [7, 11) is 2.69. The van der Waals surface area contributed by atoms with Gasteiger partial charge < -0.3 is 15.3 Å². The average molecular weight is 534 g/mol. The molecule has 1 aromatic heterocycles. The molecule has 1 aromatic carbocycles. The Morgan fingerprint density at radius 2 is 1.92 bits per heavy atom. The molecule has 1 unspecified atom stereocenters. The second-order valence-corrected chi connectivity index (χ2v) is 8.84. The molecule has 2 aromatic rings. The standard InChI is InChI=1S/C25H31F3N7OP/c1-3-23(37)24(35-11-9-34(10-12-35)13-14-36)31-18(2)33-30-17-22-16-21(7-8-29-22)32-20-6-4-5-19(15-20)25(26,27)28/h3-8,15-17,33,36H,2,9-14,37H2,1H3,(H,29,32)/b23-3+,30-17+,31-24+. The number of nitrogens with one attached hydrogen (secondary N) is 2. The maximum absolute atomic E-state index is 13.0. The summed E-state index contributed by atoms with van der Waals surface area (Å²) in [6, 6.07) is 8.29. The van der Waals surface area contributed by atoms with Gasteiger partial charge in [0.25, 0.3) is 0 Å². The Balaban J connectivity index is 1.63. The molecule has 1 atom stereocenters. The maximum atomic E-state index is 13.0. The number of hydrazone groups is 1. The Kier molecular flexibility index (Phi) is 10.2. The first-order valence-corrected chi connectivity index (χ1v) is 12.2. The van der Waals surface area contributed by atoms with E-state index in [2.05, 4.69) is 51.4 Å². The maximum Gasteiger partial charge on any atom is 0.416 e. The fraction of sp³-hybridized carbons (Fsp3) is 0.320. The summed E-state index contributed by atoms with van der Waals surface area (Å²) in [5.41, 5.74) is 3.44. The van der Waals surface area contributed by atoms with Gasteiger partial charge in [-0.3, -0.25) is 15.3 Å². The van der Waals surface area contributed by atoms with Gasteiger partial charge in [0, 0.05) is 55.6 Å². The Bertz CT molecular complexity index is 1160. The van der Waals surface area contributed by atoms with Crippen LogP contribution in [0.5, 0.6) is 0 Å². The summed E-state index contributed by atoms with van der Waals surface area (Å²) in [5, 5.41) is 17.2. The molecule has 0 radical (unpaired) electrons. The topological polar surface area (TPSA) is 88.4 Å². The SMILES string of the molecule is C=C(/N=C(\C(P)=C/C)N1CCN(CCO)CC1)N/N=C/c1cc(Nc2cccc(C(F)(F)F)c2)ccn1. The van der Waals surface area contributed by atoms with Crippen LogP contribution in [0.4, 0.5) is 24.5 Å². The zero-order chi connectivity index (χ0) is 26.8. The second-order valence-electron chi connectivity index (χ2n) is 8.22. The zero-order valence-corrected chi connectivity index (χ0v) is 21.7. The van der Waals surface area contributed by atoms with Crippen LogP contribution in [0.3, 0.4) is 0 Å². The molecule has 1 aliphatic rings. The summed E-state index contributed by atoms with van der Waals surface area (Å²) in [6.07, 6.45) is 0.545. The van der Waals surface area contributed by atoms with Crippen molar-refractivity contribution < 1.29 is 18.3 Å². The van der Waals surface area contributed by atoms with Crippen LogP contribution < -0.4 is 10.7 Å². The van der Waals surface area contributed by atoms with E-state index in [1.807, 2.05) is 13.0 Å². The molecule has 2 heterocycles. The summed E-state index contributed by atoms with van der Waals surface area (Å²) in [4.78, 5) is 13.2. The number of amidine groups is 1. The predicted octanol–water partition coefficient (Wildman–Crippen LogP) is 4.03. The van der Waals surface area contributed by atoms with E-state index in [0.29, 0.717) is 29.4 Å². The highest BCUT2D eigenvalue weighted by Gasteiger charge is 2.30. The van der Waals surface area contributed by atoms with Crippen LogP contribution in [0, 0.1) is 0 Å².